The van der Waals surface area contributed by atoms with Crippen LogP contribution in [0.2, 0.25) is 0 Å². The maximum Gasteiger partial charge on any atom is 0.289 e. The van der Waals surface area contributed by atoms with Crippen LogP contribution in [0.4, 0.5) is 0 Å². The Morgan fingerprint density at radius 1 is 1.07 bits per heavy atom. The van der Waals surface area contributed by atoms with Crippen molar-refractivity contribution in [3.8, 4) is 0 Å². The van der Waals surface area contributed by atoms with Crippen molar-refractivity contribution >= 4 is 35.2 Å². The van der Waals surface area contributed by atoms with Crippen molar-refractivity contribution in [1.82, 2.24) is 25.8 Å². The van der Waals surface area contributed by atoms with Crippen LogP contribution in [0.1, 0.15) is 93.3 Å². The van der Waals surface area contributed by atoms with Gasteiger partial charge in [0.15, 0.2) is 5.89 Å². The molecule has 0 radical (unpaired) electrons. The van der Waals surface area contributed by atoms with Crippen molar-refractivity contribution in [2.24, 2.45) is 17.3 Å². The number of rotatable bonds is 14. The molecule has 46 heavy (non-hydrogen) atoms. The van der Waals surface area contributed by atoms with Crippen molar-refractivity contribution in [3.63, 3.8) is 0 Å². The van der Waals surface area contributed by atoms with Gasteiger partial charge in [0, 0.05) is 31.5 Å². The van der Waals surface area contributed by atoms with Gasteiger partial charge in [0.1, 0.15) is 12.1 Å². The molecule has 1 fully saturated rings. The molecule has 1 aromatic carbocycles. The van der Waals surface area contributed by atoms with Gasteiger partial charge in [-0.3, -0.25) is 28.8 Å². The molecule has 4 atom stereocenters. The topological polar surface area (TPSA) is 168 Å². The maximum absolute atomic E-state index is 14.3. The highest BCUT2D eigenvalue weighted by Gasteiger charge is 2.42. The summed E-state index contributed by atoms with van der Waals surface area (Å²) in [6.45, 7) is 14.8. The summed E-state index contributed by atoms with van der Waals surface area (Å²) in [5.41, 5.74) is -0.206. The average Bonchev–Trinajstić information content (AvgIpc) is 3.56. The van der Waals surface area contributed by atoms with Gasteiger partial charge in [-0.1, -0.05) is 65.0 Å². The zero-order chi connectivity index (χ0) is 34.3. The number of amides is 4. The third-order valence-electron chi connectivity index (χ3n) is 8.07. The van der Waals surface area contributed by atoms with Crippen LogP contribution >= 0.6 is 0 Å². The highest BCUT2D eigenvalue weighted by molar-refractivity contribution is 6.45. The lowest BCUT2D eigenvalue weighted by Gasteiger charge is -2.38. The molecular weight excluding hydrogens is 590 g/mol. The Hall–Kier alpha value is -4.35. The van der Waals surface area contributed by atoms with E-state index in [0.717, 1.165) is 0 Å². The first-order valence-electron chi connectivity index (χ1n) is 15.8. The van der Waals surface area contributed by atoms with Gasteiger partial charge in [-0.2, -0.15) is 0 Å². The van der Waals surface area contributed by atoms with Gasteiger partial charge in [-0.25, -0.2) is 4.98 Å². The third-order valence-corrected chi connectivity index (χ3v) is 8.07. The normalized spacial score (nSPS) is 16.7. The van der Waals surface area contributed by atoms with E-state index in [-0.39, 0.29) is 42.5 Å². The van der Waals surface area contributed by atoms with Crippen LogP contribution in [0, 0.1) is 31.1 Å². The Kier molecular flexibility index (Phi) is 12.0. The number of carbonyl (C=O) groups excluding carboxylic acids is 6. The summed E-state index contributed by atoms with van der Waals surface area (Å²) in [6.07, 6.45) is 0.651. The summed E-state index contributed by atoms with van der Waals surface area (Å²) in [7, 11) is 0. The number of Topliss-reactive ketones (excluding diaryl/α,β-unsaturated/α-hetero) is 2. The van der Waals surface area contributed by atoms with Gasteiger partial charge in [0.25, 0.3) is 5.91 Å². The molecular formula is C34H47N5O7. The molecule has 3 rings (SSSR count). The van der Waals surface area contributed by atoms with Crippen LogP contribution in [0.5, 0.6) is 0 Å². The van der Waals surface area contributed by atoms with E-state index in [1.165, 1.54) is 17.0 Å². The molecule has 12 nitrogen and oxygen atoms in total. The molecule has 1 aromatic heterocycles. The smallest absolute Gasteiger partial charge is 0.289 e. The van der Waals surface area contributed by atoms with E-state index < -0.39 is 58.7 Å². The number of oxazole rings is 1. The summed E-state index contributed by atoms with van der Waals surface area (Å²) < 4.78 is 5.47. The van der Waals surface area contributed by atoms with E-state index in [4.69, 9.17) is 4.42 Å². The fourth-order valence-electron chi connectivity index (χ4n) is 5.65. The number of benzene rings is 1. The number of nitrogens with zero attached hydrogens (tertiary/aromatic N) is 2. The Labute approximate surface area is 270 Å². The average molecular weight is 638 g/mol. The molecule has 4 amide bonds. The molecule has 1 aliphatic heterocycles. The summed E-state index contributed by atoms with van der Waals surface area (Å²) in [5, 5.41) is 8.28. The molecule has 1 aliphatic rings. The lowest BCUT2D eigenvalue weighted by atomic mass is 9.85. The van der Waals surface area contributed by atoms with Crippen LogP contribution in [0.15, 0.2) is 34.7 Å². The lowest BCUT2D eigenvalue weighted by molar-refractivity contribution is -0.144. The summed E-state index contributed by atoms with van der Waals surface area (Å²) >= 11 is 0. The highest BCUT2D eigenvalue weighted by atomic mass is 16.4. The molecule has 0 aliphatic carbocycles. The van der Waals surface area contributed by atoms with E-state index in [2.05, 4.69) is 20.9 Å². The quantitative estimate of drug-likeness (QED) is 0.210. The number of aryl methyl sites for hydroxylation is 2. The van der Waals surface area contributed by atoms with Gasteiger partial charge < -0.3 is 25.3 Å². The maximum atomic E-state index is 14.3. The first kappa shape index (κ1) is 36.1. The van der Waals surface area contributed by atoms with E-state index >= 15 is 0 Å². The van der Waals surface area contributed by atoms with E-state index in [1.807, 2.05) is 13.8 Å². The van der Waals surface area contributed by atoms with Crippen LogP contribution in [-0.2, 0) is 19.2 Å². The van der Waals surface area contributed by atoms with Gasteiger partial charge in [-0.15, -0.1) is 0 Å². The first-order chi connectivity index (χ1) is 21.5. The highest BCUT2D eigenvalue weighted by Crippen LogP contribution is 2.25. The van der Waals surface area contributed by atoms with Crippen LogP contribution in [0.3, 0.4) is 0 Å². The summed E-state index contributed by atoms with van der Waals surface area (Å²) in [6, 6.07) is 4.66. The van der Waals surface area contributed by atoms with Gasteiger partial charge in [-0.05, 0) is 44.4 Å². The first-order valence-corrected chi connectivity index (χ1v) is 15.8. The zero-order valence-corrected chi connectivity index (χ0v) is 28.1. The molecule has 0 bridgehead atoms. The standard InChI is InChI=1S/C34H47N5O7/c1-9-39(33(45)29(34(6,7)8)38-32(44)28-20(4)36-21(5)46-28)25(17-19(2)3)31(43)37-24(18-23-15-16-35-30(23)42)27(41)26(40)22-13-11-10-12-14-22/h10-14,19,23-25,29H,9,15-18H2,1-8H3,(H,35,42)(H,37,43)(H,38,44)/t23?,24?,25-,29+/m0/s1. The fourth-order valence-corrected chi connectivity index (χ4v) is 5.65. The molecule has 2 unspecified atom stereocenters. The van der Waals surface area contributed by atoms with Crippen LogP contribution < -0.4 is 16.0 Å². The van der Waals surface area contributed by atoms with E-state index in [9.17, 15) is 28.8 Å². The van der Waals surface area contributed by atoms with Gasteiger partial charge in [0.2, 0.25) is 35.0 Å². The minimum atomic E-state index is -1.28. The second-order valence-electron chi connectivity index (χ2n) is 13.3. The molecule has 250 valence electrons. The number of nitrogens with one attached hydrogen (secondary N) is 3. The number of carbonyl (C=O) groups is 6. The molecule has 3 N–H and O–H groups in total. The van der Waals surface area contributed by atoms with Crippen LogP contribution in [-0.4, -0.2) is 76.3 Å². The number of hydrogen-bond donors (Lipinski definition) is 3. The largest absolute Gasteiger partial charge is 0.436 e. The Morgan fingerprint density at radius 3 is 2.22 bits per heavy atom. The molecule has 0 saturated carbocycles. The molecule has 2 heterocycles. The van der Waals surface area contributed by atoms with Crippen LogP contribution in [0.25, 0.3) is 0 Å². The Balaban J connectivity index is 1.93. The van der Waals surface area contributed by atoms with Crippen molar-refractivity contribution < 1.29 is 33.2 Å². The van der Waals surface area contributed by atoms with E-state index in [0.29, 0.717) is 24.6 Å². The molecule has 12 heteroatoms. The fraction of sp³-hybridized carbons (Fsp3) is 0.559. The Morgan fingerprint density at radius 2 is 1.72 bits per heavy atom. The monoisotopic (exact) mass is 637 g/mol. The lowest BCUT2D eigenvalue weighted by Crippen LogP contribution is -2.60. The second kappa shape index (κ2) is 15.3. The Bertz CT molecular complexity index is 1440. The van der Waals surface area contributed by atoms with Crippen molar-refractivity contribution in [2.75, 3.05) is 13.1 Å². The summed E-state index contributed by atoms with van der Waals surface area (Å²) in [5.74, 6) is -3.87. The minimum Gasteiger partial charge on any atom is -0.436 e. The zero-order valence-electron chi connectivity index (χ0n) is 28.1. The SMILES string of the molecule is CCN(C(=O)[C@@H](NC(=O)c1oc(C)nc1C)C(C)(C)C)[C@@H](CC(C)C)C(=O)NC(CC1CCNC1=O)C(=O)C(=O)c1ccccc1. The second-order valence-corrected chi connectivity index (χ2v) is 13.3. The number of ketones is 2. The van der Waals surface area contributed by atoms with Crippen molar-refractivity contribution in [2.45, 2.75) is 92.8 Å². The number of aromatic nitrogens is 1. The number of hydrogen-bond acceptors (Lipinski definition) is 8. The van der Waals surface area contributed by atoms with Crippen molar-refractivity contribution in [1.29, 1.82) is 0 Å². The van der Waals surface area contributed by atoms with E-state index in [1.54, 1.807) is 59.7 Å². The predicted molar refractivity (Wildman–Crippen MR) is 171 cm³/mol. The predicted octanol–water partition coefficient (Wildman–Crippen LogP) is 3.16. The van der Waals surface area contributed by atoms with Gasteiger partial charge >= 0.3 is 0 Å². The molecule has 2 aromatic rings. The van der Waals surface area contributed by atoms with Gasteiger partial charge in [0.05, 0.1) is 11.7 Å². The minimum absolute atomic E-state index is 0.000501. The number of likely N-dealkylation sites (N-methyl/N-ethyl adjacent to an activating group) is 1. The molecule has 1 saturated heterocycles. The third kappa shape index (κ3) is 8.88. The molecule has 0 spiro atoms. The summed E-state index contributed by atoms with van der Waals surface area (Å²) in [4.78, 5) is 86.3. The van der Waals surface area contributed by atoms with Crippen molar-refractivity contribution in [3.05, 3.63) is 53.2 Å².